The highest BCUT2D eigenvalue weighted by molar-refractivity contribution is 7.88. The van der Waals surface area contributed by atoms with E-state index in [2.05, 4.69) is 9.58 Å². The average molecular weight is 728 g/mol. The molecule has 50 heavy (non-hydrogen) atoms. The first kappa shape index (κ1) is 36.3. The Morgan fingerprint density at radius 2 is 1.74 bits per heavy atom. The van der Waals surface area contributed by atoms with Gasteiger partial charge in [-0.25, -0.2) is 18.0 Å². The van der Waals surface area contributed by atoms with Crippen molar-refractivity contribution in [1.29, 1.82) is 0 Å². The molecule has 4 heterocycles. The zero-order valence-electron chi connectivity index (χ0n) is 29.4. The summed E-state index contributed by atoms with van der Waals surface area (Å²) in [5, 5.41) is 5.64. The van der Waals surface area contributed by atoms with Gasteiger partial charge >= 0.3 is 12.1 Å². The van der Waals surface area contributed by atoms with Crippen LogP contribution in [0.25, 0.3) is 22.4 Å². The second kappa shape index (κ2) is 14.6. The number of sulfonamides is 1. The van der Waals surface area contributed by atoms with Gasteiger partial charge in [-0.2, -0.15) is 9.40 Å². The summed E-state index contributed by atoms with van der Waals surface area (Å²) in [6.45, 7) is 11.3. The van der Waals surface area contributed by atoms with Crippen LogP contribution in [0.1, 0.15) is 55.6 Å². The number of hydrogen-bond donors (Lipinski definition) is 0. The molecule has 3 aromatic rings. The van der Waals surface area contributed by atoms with Crippen LogP contribution in [-0.2, 0) is 55.0 Å². The minimum atomic E-state index is -3.40. The van der Waals surface area contributed by atoms with Crippen LogP contribution in [0.2, 0.25) is 5.02 Å². The van der Waals surface area contributed by atoms with Crippen LogP contribution in [-0.4, -0.2) is 109 Å². The molecule has 1 unspecified atom stereocenters. The molecule has 0 N–H and O–H groups in total. The van der Waals surface area contributed by atoms with Gasteiger partial charge in [0.1, 0.15) is 5.60 Å². The van der Waals surface area contributed by atoms with E-state index in [-0.39, 0.29) is 13.1 Å². The zero-order valence-corrected chi connectivity index (χ0v) is 31.0. The number of amides is 1. The lowest BCUT2D eigenvalue weighted by atomic mass is 9.89. The van der Waals surface area contributed by atoms with Crippen LogP contribution >= 0.6 is 11.6 Å². The van der Waals surface area contributed by atoms with Gasteiger partial charge in [0.25, 0.3) is 0 Å². The Bertz CT molecular complexity index is 1870. The lowest BCUT2D eigenvalue weighted by molar-refractivity contribution is -0.147. The fraction of sp³-hybridized carbons (Fsp3) is 0.528. The maximum absolute atomic E-state index is 13.1. The van der Waals surface area contributed by atoms with Gasteiger partial charge in [-0.1, -0.05) is 35.9 Å². The molecule has 3 aliphatic heterocycles. The first-order valence-corrected chi connectivity index (χ1v) is 19.3. The Labute approximate surface area is 299 Å². The highest BCUT2D eigenvalue weighted by atomic mass is 35.5. The number of carbonyl (C=O) groups excluding carboxylic acids is 2. The van der Waals surface area contributed by atoms with E-state index < -0.39 is 33.7 Å². The number of aryl methyl sites for hydroxylation is 1. The Kier molecular flexibility index (Phi) is 10.6. The fourth-order valence-corrected chi connectivity index (χ4v) is 8.02. The summed E-state index contributed by atoms with van der Waals surface area (Å²) in [7, 11) is -2.09. The first-order valence-electron chi connectivity index (χ1n) is 17.1. The monoisotopic (exact) mass is 727 g/mol. The molecule has 12 nitrogen and oxygen atoms in total. The average Bonchev–Trinajstić information content (AvgIpc) is 3.44. The van der Waals surface area contributed by atoms with Crippen molar-refractivity contribution in [1.82, 2.24) is 23.9 Å². The third-order valence-corrected chi connectivity index (χ3v) is 11.1. The smallest absolute Gasteiger partial charge is 0.411 e. The topological polar surface area (TPSA) is 124 Å². The van der Waals surface area contributed by atoms with E-state index in [1.54, 1.807) is 20.8 Å². The minimum Gasteiger partial charge on any atom is -0.467 e. The minimum absolute atomic E-state index is 0.257. The number of carbonyl (C=O) groups is 2. The molecule has 1 amide bonds. The fourth-order valence-electron chi connectivity index (χ4n) is 7.01. The largest absolute Gasteiger partial charge is 0.467 e. The van der Waals surface area contributed by atoms with Crippen LogP contribution in [0.4, 0.5) is 4.79 Å². The third kappa shape index (κ3) is 7.86. The highest BCUT2D eigenvalue weighted by Crippen LogP contribution is 2.39. The van der Waals surface area contributed by atoms with Gasteiger partial charge in [0.05, 0.1) is 32.3 Å². The van der Waals surface area contributed by atoms with Gasteiger partial charge in [-0.15, -0.1) is 0 Å². The number of rotatable bonds is 8. The molecule has 270 valence electrons. The number of methoxy groups -OCH3 is 1. The predicted molar refractivity (Wildman–Crippen MR) is 190 cm³/mol. The van der Waals surface area contributed by atoms with Crippen LogP contribution in [0, 0.1) is 0 Å². The lowest BCUT2D eigenvalue weighted by Crippen LogP contribution is -2.46. The van der Waals surface area contributed by atoms with Crippen molar-refractivity contribution in [2.24, 2.45) is 0 Å². The summed E-state index contributed by atoms with van der Waals surface area (Å²) < 4.78 is 45.0. The van der Waals surface area contributed by atoms with E-state index in [0.29, 0.717) is 30.0 Å². The lowest BCUT2D eigenvalue weighted by Gasteiger charge is -2.36. The number of esters is 1. The van der Waals surface area contributed by atoms with Gasteiger partial charge in [-0.05, 0) is 62.4 Å². The summed E-state index contributed by atoms with van der Waals surface area (Å²) in [6.07, 6.45) is 2.69. The molecule has 0 spiro atoms. The van der Waals surface area contributed by atoms with Crippen molar-refractivity contribution in [2.45, 2.75) is 64.8 Å². The second-order valence-corrected chi connectivity index (χ2v) is 16.5. The number of nitrogens with zero attached hydrogens (tertiary/aromatic N) is 5. The number of ether oxygens (including phenoxy) is 3. The quantitative estimate of drug-likeness (QED) is 0.298. The molecule has 0 radical (unpaired) electrons. The van der Waals surface area contributed by atoms with E-state index in [1.165, 1.54) is 22.6 Å². The molecule has 0 aliphatic carbocycles. The second-order valence-electron chi connectivity index (χ2n) is 14.1. The molecule has 1 saturated heterocycles. The molecular weight excluding hydrogens is 682 g/mol. The van der Waals surface area contributed by atoms with Gasteiger partial charge in [-0.3, -0.25) is 14.5 Å². The molecular formula is C36H46ClN5O7S. The molecule has 3 aliphatic rings. The molecule has 1 fully saturated rings. The summed E-state index contributed by atoms with van der Waals surface area (Å²) in [5.74, 6) is -0.543. The summed E-state index contributed by atoms with van der Waals surface area (Å²) in [5.41, 5.74) is 6.05. The van der Waals surface area contributed by atoms with Crippen molar-refractivity contribution in [3.8, 4) is 22.4 Å². The maximum atomic E-state index is 13.1. The Morgan fingerprint density at radius 1 is 1.00 bits per heavy atom. The zero-order chi connectivity index (χ0) is 35.8. The first-order chi connectivity index (χ1) is 23.7. The molecule has 1 aromatic heterocycles. The van der Waals surface area contributed by atoms with Gasteiger partial charge in [0.2, 0.25) is 10.0 Å². The molecule has 1 atom stereocenters. The number of fused-ring (bicyclic) bond motifs is 2. The van der Waals surface area contributed by atoms with Crippen LogP contribution in [0.5, 0.6) is 0 Å². The van der Waals surface area contributed by atoms with Crippen molar-refractivity contribution >= 4 is 33.7 Å². The highest BCUT2D eigenvalue weighted by Gasteiger charge is 2.39. The van der Waals surface area contributed by atoms with Gasteiger partial charge < -0.3 is 14.2 Å². The molecule has 6 rings (SSSR count). The van der Waals surface area contributed by atoms with Gasteiger partial charge in [0.15, 0.2) is 6.04 Å². The normalized spacial score (nSPS) is 18.8. The third-order valence-electron chi connectivity index (χ3n) is 9.49. The number of benzene rings is 2. The predicted octanol–water partition coefficient (Wildman–Crippen LogP) is 4.92. The molecule has 0 bridgehead atoms. The SMILES string of the molecule is COC(=O)C1c2ccc(-c3cc(-c4nn(CCCN5CCOCC5)c5c4CN(S(C)(=O)=O)CC5)ccc3Cl)cc2CCN1C(=O)OC(C)(C)C. The van der Waals surface area contributed by atoms with Gasteiger partial charge in [0, 0.05) is 79.6 Å². The van der Waals surface area contributed by atoms with Crippen LogP contribution in [0.15, 0.2) is 36.4 Å². The van der Waals surface area contributed by atoms with E-state index in [4.69, 9.17) is 30.9 Å². The Hall–Kier alpha value is -3.49. The number of halogens is 1. The molecule has 14 heteroatoms. The molecule has 2 aromatic carbocycles. The van der Waals surface area contributed by atoms with E-state index in [9.17, 15) is 18.0 Å². The number of hydrogen-bond acceptors (Lipinski definition) is 9. The standard InChI is InChI=1S/C36H46ClN5O7S/c1-36(2,3)49-35(44)41-16-11-25-21-24(7-9-27(25)33(41)34(43)47-4)28-22-26(8-10-30(28)37)32-29-23-40(50(5,45)46)15-12-31(29)42(38-32)14-6-13-39-17-19-48-20-18-39/h7-10,21-22,33H,6,11-20,23H2,1-5H3. The number of aromatic nitrogens is 2. The van der Waals surface area contributed by atoms with Crippen LogP contribution < -0.4 is 0 Å². The summed E-state index contributed by atoms with van der Waals surface area (Å²) >= 11 is 6.83. The van der Waals surface area contributed by atoms with E-state index in [0.717, 1.165) is 85.0 Å². The van der Waals surface area contributed by atoms with Crippen molar-refractivity contribution < 1.29 is 32.2 Å². The van der Waals surface area contributed by atoms with Crippen molar-refractivity contribution in [2.75, 3.05) is 59.3 Å². The molecule has 0 saturated carbocycles. The maximum Gasteiger partial charge on any atom is 0.411 e. The Balaban J connectivity index is 1.32. The van der Waals surface area contributed by atoms with Crippen molar-refractivity contribution in [3.05, 3.63) is 63.8 Å². The van der Waals surface area contributed by atoms with E-state index in [1.807, 2.05) is 36.4 Å². The number of morpholine rings is 1. The summed E-state index contributed by atoms with van der Waals surface area (Å²) in [6, 6.07) is 10.6. The van der Waals surface area contributed by atoms with Crippen molar-refractivity contribution in [3.63, 3.8) is 0 Å². The Morgan fingerprint density at radius 3 is 2.44 bits per heavy atom. The summed E-state index contributed by atoms with van der Waals surface area (Å²) in [4.78, 5) is 29.9. The van der Waals surface area contributed by atoms with E-state index >= 15 is 0 Å². The van der Waals surface area contributed by atoms with Crippen LogP contribution in [0.3, 0.4) is 0 Å².